The highest BCUT2D eigenvalue weighted by molar-refractivity contribution is 7.25. The van der Waals surface area contributed by atoms with Gasteiger partial charge in [-0.3, -0.25) is 0 Å². The standard InChI is InChI=1S/C54H30OS/c1-2-10-35-31(9-1)17-21-40-36-11-3-5-13-38(36)44(30-46(35)40)34-20-26-52-48(29-34)47-28-33(19-25-51(47)56-52)32-18-22-42-45(27-32)39-14-6-4-12-37(39)41-23-24-50-54(53(41)42)43-15-7-8-16-49(43)55-50/h1-30H. The minimum atomic E-state index is 0.926. The van der Waals surface area contributed by atoms with Crippen molar-refractivity contribution in [1.29, 1.82) is 0 Å². The van der Waals surface area contributed by atoms with Crippen LogP contribution in [0.5, 0.6) is 0 Å². The van der Waals surface area contributed by atoms with Crippen molar-refractivity contribution in [2.75, 3.05) is 0 Å². The summed E-state index contributed by atoms with van der Waals surface area (Å²) in [6, 6.07) is 67.4. The van der Waals surface area contributed by atoms with Crippen LogP contribution in [-0.2, 0) is 0 Å². The number of rotatable bonds is 2. The van der Waals surface area contributed by atoms with Crippen molar-refractivity contribution in [3.63, 3.8) is 0 Å². The first-order chi connectivity index (χ1) is 27.7. The number of hydrogen-bond donors (Lipinski definition) is 0. The van der Waals surface area contributed by atoms with E-state index in [4.69, 9.17) is 4.42 Å². The summed E-state index contributed by atoms with van der Waals surface area (Å²) in [6.45, 7) is 0. The summed E-state index contributed by atoms with van der Waals surface area (Å²) >= 11 is 1.88. The van der Waals surface area contributed by atoms with E-state index in [-0.39, 0.29) is 0 Å². The predicted octanol–water partition coefficient (Wildman–Crippen LogP) is 16.2. The highest BCUT2D eigenvalue weighted by Crippen LogP contribution is 2.45. The number of benzene rings is 11. The van der Waals surface area contributed by atoms with Gasteiger partial charge in [-0.1, -0.05) is 127 Å². The summed E-state index contributed by atoms with van der Waals surface area (Å²) in [4.78, 5) is 0. The van der Waals surface area contributed by atoms with E-state index in [0.717, 1.165) is 16.6 Å². The Morgan fingerprint density at radius 3 is 1.61 bits per heavy atom. The zero-order valence-electron chi connectivity index (χ0n) is 30.1. The first-order valence-corrected chi connectivity index (χ1v) is 20.1. The van der Waals surface area contributed by atoms with Crippen LogP contribution in [0.25, 0.3) is 129 Å². The molecule has 0 radical (unpaired) electrons. The second kappa shape index (κ2) is 11.3. The summed E-state index contributed by atoms with van der Waals surface area (Å²) in [5.74, 6) is 0. The van der Waals surface area contributed by atoms with E-state index in [1.807, 2.05) is 17.4 Å². The number of furan rings is 1. The zero-order valence-corrected chi connectivity index (χ0v) is 31.0. The first-order valence-electron chi connectivity index (χ1n) is 19.2. The maximum atomic E-state index is 6.38. The molecule has 0 saturated heterocycles. The summed E-state index contributed by atoms with van der Waals surface area (Å²) in [7, 11) is 0. The highest BCUT2D eigenvalue weighted by atomic mass is 32.1. The Hall–Kier alpha value is -7.00. The lowest BCUT2D eigenvalue weighted by Crippen LogP contribution is -1.86. The van der Waals surface area contributed by atoms with Crippen LogP contribution in [0, 0.1) is 0 Å². The largest absolute Gasteiger partial charge is 0.456 e. The summed E-state index contributed by atoms with van der Waals surface area (Å²) in [5.41, 5.74) is 6.82. The van der Waals surface area contributed by atoms with E-state index in [1.54, 1.807) is 0 Å². The molecule has 0 amide bonds. The second-order valence-electron chi connectivity index (χ2n) is 15.1. The van der Waals surface area contributed by atoms with E-state index in [9.17, 15) is 0 Å². The van der Waals surface area contributed by atoms with Crippen LogP contribution >= 0.6 is 11.3 Å². The van der Waals surface area contributed by atoms with Crippen molar-refractivity contribution < 1.29 is 4.42 Å². The topological polar surface area (TPSA) is 13.1 Å². The van der Waals surface area contributed by atoms with Gasteiger partial charge in [0.05, 0.1) is 0 Å². The summed E-state index contributed by atoms with van der Waals surface area (Å²) < 4.78 is 8.99. The minimum absolute atomic E-state index is 0.926. The average molecular weight is 727 g/mol. The fourth-order valence-corrected chi connectivity index (χ4v) is 10.7. The lowest BCUT2D eigenvalue weighted by molar-refractivity contribution is 0.669. The van der Waals surface area contributed by atoms with Crippen LogP contribution in [0.15, 0.2) is 186 Å². The van der Waals surface area contributed by atoms with E-state index in [0.29, 0.717) is 0 Å². The van der Waals surface area contributed by atoms with Crippen LogP contribution in [-0.4, -0.2) is 0 Å². The van der Waals surface area contributed by atoms with E-state index in [1.165, 1.54) is 112 Å². The molecular formula is C54H30OS. The molecule has 0 saturated carbocycles. The summed E-state index contributed by atoms with van der Waals surface area (Å²) in [6.07, 6.45) is 0. The molecule has 0 N–H and O–H groups in total. The SMILES string of the molecule is c1ccc2c(c1)ccc1c3ccccc3c(-c3ccc4sc5ccc(-c6ccc7c(c6)c6ccccc6c6ccc8oc9ccccc9c8c67)cc5c4c3)cc21. The van der Waals surface area contributed by atoms with Crippen LogP contribution < -0.4 is 0 Å². The Bertz CT molecular complexity index is 3820. The Labute approximate surface area is 325 Å². The lowest BCUT2D eigenvalue weighted by atomic mass is 9.89. The molecule has 2 aromatic heterocycles. The number of para-hydroxylation sites is 1. The van der Waals surface area contributed by atoms with Crippen LogP contribution in [0.4, 0.5) is 0 Å². The molecule has 11 aromatic carbocycles. The Balaban J connectivity index is 1.03. The van der Waals surface area contributed by atoms with Crippen molar-refractivity contribution >= 4 is 118 Å². The highest BCUT2D eigenvalue weighted by Gasteiger charge is 2.18. The first kappa shape index (κ1) is 30.3. The van der Waals surface area contributed by atoms with Crippen molar-refractivity contribution in [2.24, 2.45) is 0 Å². The lowest BCUT2D eigenvalue weighted by Gasteiger charge is -2.13. The third-order valence-electron chi connectivity index (χ3n) is 12.2. The number of fused-ring (bicyclic) bond motifs is 18. The number of thiophene rings is 1. The molecule has 13 rings (SSSR count). The van der Waals surface area contributed by atoms with Crippen molar-refractivity contribution in [3.05, 3.63) is 182 Å². The smallest absolute Gasteiger partial charge is 0.136 e. The molecular weight excluding hydrogens is 697 g/mol. The molecule has 56 heavy (non-hydrogen) atoms. The molecule has 0 fully saturated rings. The Morgan fingerprint density at radius 1 is 0.286 bits per heavy atom. The third kappa shape index (κ3) is 4.19. The Kier molecular flexibility index (Phi) is 6.11. The molecule has 258 valence electrons. The van der Waals surface area contributed by atoms with Crippen LogP contribution in [0.1, 0.15) is 0 Å². The molecule has 0 aliphatic carbocycles. The molecule has 2 heteroatoms. The quantitative estimate of drug-likeness (QED) is 0.162. The van der Waals surface area contributed by atoms with Gasteiger partial charge in [0.25, 0.3) is 0 Å². The van der Waals surface area contributed by atoms with Crippen molar-refractivity contribution in [1.82, 2.24) is 0 Å². The molecule has 13 aromatic rings. The van der Waals surface area contributed by atoms with Gasteiger partial charge < -0.3 is 4.42 Å². The van der Waals surface area contributed by atoms with Gasteiger partial charge >= 0.3 is 0 Å². The molecule has 2 heterocycles. The van der Waals surface area contributed by atoms with E-state index in [2.05, 4.69) is 176 Å². The zero-order chi connectivity index (χ0) is 36.5. The maximum Gasteiger partial charge on any atom is 0.136 e. The fourth-order valence-electron chi connectivity index (χ4n) is 9.66. The molecule has 0 aliphatic rings. The van der Waals surface area contributed by atoms with Crippen LogP contribution in [0.3, 0.4) is 0 Å². The van der Waals surface area contributed by atoms with Crippen molar-refractivity contribution in [2.45, 2.75) is 0 Å². The number of hydrogen-bond acceptors (Lipinski definition) is 2. The van der Waals surface area contributed by atoms with Crippen molar-refractivity contribution in [3.8, 4) is 22.3 Å². The van der Waals surface area contributed by atoms with Gasteiger partial charge in [-0.25, -0.2) is 0 Å². The fraction of sp³-hybridized carbons (Fsp3) is 0. The summed E-state index contributed by atoms with van der Waals surface area (Å²) in [5, 5.41) is 20.3. The maximum absolute atomic E-state index is 6.38. The molecule has 0 aliphatic heterocycles. The van der Waals surface area contributed by atoms with E-state index < -0.39 is 0 Å². The van der Waals surface area contributed by atoms with Gasteiger partial charge in [-0.2, -0.15) is 0 Å². The van der Waals surface area contributed by atoms with Crippen LogP contribution in [0.2, 0.25) is 0 Å². The van der Waals surface area contributed by atoms with Gasteiger partial charge in [0.15, 0.2) is 0 Å². The molecule has 0 atom stereocenters. The minimum Gasteiger partial charge on any atom is -0.456 e. The Morgan fingerprint density at radius 2 is 0.804 bits per heavy atom. The van der Waals surface area contributed by atoms with Gasteiger partial charge in [-0.15, -0.1) is 11.3 Å². The van der Waals surface area contributed by atoms with Gasteiger partial charge in [0.2, 0.25) is 0 Å². The normalized spacial score (nSPS) is 12.3. The molecule has 0 spiro atoms. The molecule has 0 unspecified atom stereocenters. The van der Waals surface area contributed by atoms with Gasteiger partial charge in [0, 0.05) is 36.3 Å². The average Bonchev–Trinajstić information content (AvgIpc) is 3.83. The monoisotopic (exact) mass is 726 g/mol. The second-order valence-corrected chi connectivity index (χ2v) is 16.2. The van der Waals surface area contributed by atoms with Gasteiger partial charge in [0.1, 0.15) is 11.2 Å². The predicted molar refractivity (Wildman–Crippen MR) is 243 cm³/mol. The molecule has 1 nitrogen and oxygen atoms in total. The van der Waals surface area contributed by atoms with Gasteiger partial charge in [-0.05, 0) is 136 Å². The van der Waals surface area contributed by atoms with E-state index >= 15 is 0 Å². The third-order valence-corrected chi connectivity index (χ3v) is 13.4. The molecule has 0 bridgehead atoms.